The monoisotopic (exact) mass is 309 g/mol. The fourth-order valence-electron chi connectivity index (χ4n) is 3.80. The highest BCUT2D eigenvalue weighted by molar-refractivity contribution is 5.94. The first-order valence-electron chi connectivity index (χ1n) is 8.58. The predicted octanol–water partition coefficient (Wildman–Crippen LogP) is 2.79. The van der Waals surface area contributed by atoms with Crippen LogP contribution in [0.3, 0.4) is 0 Å². The number of nitrogens with zero attached hydrogens (tertiary/aromatic N) is 3. The van der Waals surface area contributed by atoms with Crippen molar-refractivity contribution in [2.24, 2.45) is 0 Å². The third kappa shape index (κ3) is 2.91. The van der Waals surface area contributed by atoms with Gasteiger partial charge in [0, 0.05) is 42.8 Å². The highest BCUT2D eigenvalue weighted by Gasteiger charge is 2.31. The molecule has 0 aliphatic carbocycles. The fourth-order valence-corrected chi connectivity index (χ4v) is 3.80. The number of amides is 1. The summed E-state index contributed by atoms with van der Waals surface area (Å²) >= 11 is 0. The first-order chi connectivity index (χ1) is 11.3. The number of likely N-dealkylation sites (tertiary alicyclic amines) is 2. The Balaban J connectivity index is 1.43. The van der Waals surface area contributed by atoms with Crippen LogP contribution < -0.4 is 0 Å². The molecule has 0 bridgehead atoms. The number of hydrogen-bond donors (Lipinski definition) is 0. The number of rotatable bonds is 3. The Bertz CT molecular complexity index is 656. The van der Waals surface area contributed by atoms with Crippen LogP contribution in [0.4, 0.5) is 0 Å². The van der Waals surface area contributed by atoms with Crippen LogP contribution in [0.1, 0.15) is 29.6 Å². The lowest BCUT2D eigenvalue weighted by Crippen LogP contribution is -2.37. The molecule has 4 rings (SSSR count). The Morgan fingerprint density at radius 1 is 0.957 bits per heavy atom. The van der Waals surface area contributed by atoms with Crippen LogP contribution in [0.5, 0.6) is 0 Å². The van der Waals surface area contributed by atoms with Crippen molar-refractivity contribution >= 4 is 5.91 Å². The molecule has 2 fully saturated rings. The van der Waals surface area contributed by atoms with Gasteiger partial charge in [-0.25, -0.2) is 0 Å². The molecule has 1 aromatic heterocycles. The van der Waals surface area contributed by atoms with Crippen LogP contribution in [-0.2, 0) is 0 Å². The molecule has 2 aliphatic rings. The Hall–Kier alpha value is -2.07. The maximum atomic E-state index is 12.7. The number of carbonyl (C=O) groups is 1. The van der Waals surface area contributed by atoms with Crippen molar-refractivity contribution in [2.75, 3.05) is 26.2 Å². The van der Waals surface area contributed by atoms with E-state index in [1.807, 2.05) is 58.3 Å². The van der Waals surface area contributed by atoms with Gasteiger partial charge in [0.2, 0.25) is 0 Å². The van der Waals surface area contributed by atoms with E-state index in [-0.39, 0.29) is 5.91 Å². The van der Waals surface area contributed by atoms with E-state index in [9.17, 15) is 4.79 Å². The van der Waals surface area contributed by atoms with Crippen molar-refractivity contribution in [3.63, 3.8) is 0 Å². The molecule has 120 valence electrons. The summed E-state index contributed by atoms with van der Waals surface area (Å²) in [4.78, 5) is 17.3. The zero-order valence-corrected chi connectivity index (χ0v) is 13.4. The molecule has 0 spiro atoms. The molecule has 4 heteroatoms. The van der Waals surface area contributed by atoms with Gasteiger partial charge >= 0.3 is 0 Å². The zero-order valence-electron chi connectivity index (χ0n) is 13.4. The van der Waals surface area contributed by atoms with Crippen molar-refractivity contribution in [3.8, 4) is 5.69 Å². The summed E-state index contributed by atoms with van der Waals surface area (Å²) in [6, 6.07) is 12.5. The molecular formula is C19H23N3O. The summed E-state index contributed by atoms with van der Waals surface area (Å²) in [5.74, 6) is 0.172. The summed E-state index contributed by atoms with van der Waals surface area (Å²) in [7, 11) is 0. The fraction of sp³-hybridized carbons (Fsp3) is 0.421. The molecule has 3 heterocycles. The number of benzene rings is 1. The van der Waals surface area contributed by atoms with Crippen LogP contribution in [0.2, 0.25) is 0 Å². The molecule has 4 nitrogen and oxygen atoms in total. The molecule has 1 amide bonds. The molecular weight excluding hydrogens is 286 g/mol. The molecule has 2 saturated heterocycles. The zero-order chi connectivity index (χ0) is 15.6. The van der Waals surface area contributed by atoms with Crippen LogP contribution in [-0.4, -0.2) is 52.5 Å². The maximum absolute atomic E-state index is 12.7. The van der Waals surface area contributed by atoms with Gasteiger partial charge in [0.25, 0.3) is 5.91 Å². The summed E-state index contributed by atoms with van der Waals surface area (Å²) < 4.78 is 2.05. The van der Waals surface area contributed by atoms with Crippen LogP contribution >= 0.6 is 0 Å². The standard InChI is InChI=1S/C19H23N3O/c23-19(22-14-9-18(15-22)21-12-3-4-13-21)16-5-7-17(8-6-16)20-10-1-2-11-20/h1-2,5-8,10-11,18H,3-4,9,12-15H2. The summed E-state index contributed by atoms with van der Waals surface area (Å²) in [6.07, 6.45) is 7.76. The second-order valence-electron chi connectivity index (χ2n) is 6.57. The highest BCUT2D eigenvalue weighted by atomic mass is 16.2. The highest BCUT2D eigenvalue weighted by Crippen LogP contribution is 2.22. The van der Waals surface area contributed by atoms with Gasteiger partial charge in [-0.05, 0) is 68.8 Å². The number of aromatic nitrogens is 1. The summed E-state index contributed by atoms with van der Waals surface area (Å²) in [6.45, 7) is 4.19. The molecule has 1 unspecified atom stereocenters. The van der Waals surface area contributed by atoms with E-state index in [1.54, 1.807) is 0 Å². The van der Waals surface area contributed by atoms with E-state index in [1.165, 1.54) is 25.9 Å². The smallest absolute Gasteiger partial charge is 0.253 e. The van der Waals surface area contributed by atoms with Crippen LogP contribution in [0.15, 0.2) is 48.8 Å². The van der Waals surface area contributed by atoms with Gasteiger partial charge in [-0.15, -0.1) is 0 Å². The number of carbonyl (C=O) groups excluding carboxylic acids is 1. The third-order valence-corrected chi connectivity index (χ3v) is 5.12. The van der Waals surface area contributed by atoms with Crippen LogP contribution in [0, 0.1) is 0 Å². The normalized spacial score (nSPS) is 21.9. The molecule has 0 saturated carbocycles. The lowest BCUT2D eigenvalue weighted by atomic mass is 10.2. The molecule has 2 aliphatic heterocycles. The Morgan fingerprint density at radius 2 is 1.65 bits per heavy atom. The van der Waals surface area contributed by atoms with E-state index < -0.39 is 0 Å². The first-order valence-corrected chi connectivity index (χ1v) is 8.58. The van der Waals surface area contributed by atoms with Crippen molar-refractivity contribution in [1.29, 1.82) is 0 Å². The molecule has 1 atom stereocenters. The minimum Gasteiger partial charge on any atom is -0.337 e. The third-order valence-electron chi connectivity index (χ3n) is 5.12. The Morgan fingerprint density at radius 3 is 2.35 bits per heavy atom. The number of hydrogen-bond acceptors (Lipinski definition) is 2. The minimum absolute atomic E-state index is 0.172. The van der Waals surface area contributed by atoms with Crippen molar-refractivity contribution in [1.82, 2.24) is 14.4 Å². The first kappa shape index (κ1) is 14.5. The van der Waals surface area contributed by atoms with Gasteiger partial charge in [-0.2, -0.15) is 0 Å². The molecule has 2 aromatic rings. The van der Waals surface area contributed by atoms with E-state index in [0.717, 1.165) is 30.8 Å². The molecule has 1 aromatic carbocycles. The quantitative estimate of drug-likeness (QED) is 0.872. The largest absolute Gasteiger partial charge is 0.337 e. The topological polar surface area (TPSA) is 28.5 Å². The Labute approximate surface area is 137 Å². The van der Waals surface area contributed by atoms with Crippen molar-refractivity contribution in [3.05, 3.63) is 54.4 Å². The van der Waals surface area contributed by atoms with Gasteiger partial charge in [-0.1, -0.05) is 0 Å². The SMILES string of the molecule is O=C(c1ccc(-n2cccc2)cc1)N1CCC(N2CCCC2)C1. The van der Waals surface area contributed by atoms with E-state index >= 15 is 0 Å². The van der Waals surface area contributed by atoms with E-state index in [4.69, 9.17) is 0 Å². The van der Waals surface area contributed by atoms with Gasteiger partial charge in [-0.3, -0.25) is 9.69 Å². The lowest BCUT2D eigenvalue weighted by Gasteiger charge is -2.23. The summed E-state index contributed by atoms with van der Waals surface area (Å²) in [5, 5.41) is 0. The minimum atomic E-state index is 0.172. The summed E-state index contributed by atoms with van der Waals surface area (Å²) in [5.41, 5.74) is 1.88. The maximum Gasteiger partial charge on any atom is 0.253 e. The van der Waals surface area contributed by atoms with Gasteiger partial charge in [0.05, 0.1) is 0 Å². The van der Waals surface area contributed by atoms with Crippen molar-refractivity contribution in [2.45, 2.75) is 25.3 Å². The van der Waals surface area contributed by atoms with E-state index in [0.29, 0.717) is 6.04 Å². The van der Waals surface area contributed by atoms with Crippen molar-refractivity contribution < 1.29 is 4.79 Å². The average Bonchev–Trinajstić information content (AvgIpc) is 3.36. The predicted molar refractivity (Wildman–Crippen MR) is 90.9 cm³/mol. The lowest BCUT2D eigenvalue weighted by molar-refractivity contribution is 0.0780. The Kier molecular flexibility index (Phi) is 3.92. The van der Waals surface area contributed by atoms with E-state index in [2.05, 4.69) is 4.90 Å². The average molecular weight is 309 g/mol. The second-order valence-corrected chi connectivity index (χ2v) is 6.57. The van der Waals surface area contributed by atoms with Crippen LogP contribution in [0.25, 0.3) is 5.69 Å². The molecule has 0 N–H and O–H groups in total. The molecule has 23 heavy (non-hydrogen) atoms. The van der Waals surface area contributed by atoms with Gasteiger partial charge in [0.1, 0.15) is 0 Å². The molecule has 0 radical (unpaired) electrons. The van der Waals surface area contributed by atoms with Gasteiger partial charge in [0.15, 0.2) is 0 Å². The second kappa shape index (κ2) is 6.20. The van der Waals surface area contributed by atoms with Gasteiger partial charge < -0.3 is 9.47 Å².